The summed E-state index contributed by atoms with van der Waals surface area (Å²) in [4.78, 5) is 13.9. The van der Waals surface area contributed by atoms with Gasteiger partial charge in [0.15, 0.2) is 0 Å². The molecule has 0 heterocycles. The maximum absolute atomic E-state index is 12.2. The first kappa shape index (κ1) is 14.1. The Hall–Kier alpha value is -2.29. The minimum atomic E-state index is -0.0466. The van der Waals surface area contributed by atoms with Gasteiger partial charge in [0.1, 0.15) is 0 Å². The van der Waals surface area contributed by atoms with Crippen molar-refractivity contribution in [3.8, 4) is 0 Å². The van der Waals surface area contributed by atoms with Gasteiger partial charge < -0.3 is 5.32 Å². The summed E-state index contributed by atoms with van der Waals surface area (Å²) in [7, 11) is 0. The molecule has 2 aromatic carbocycles. The van der Waals surface area contributed by atoms with Crippen LogP contribution in [0.2, 0.25) is 0 Å². The number of amides is 2. The van der Waals surface area contributed by atoms with E-state index in [1.54, 1.807) is 4.90 Å². The second-order valence-corrected chi connectivity index (χ2v) is 4.55. The minimum Gasteiger partial charge on any atom is -0.337 e. The predicted octanol–water partition coefficient (Wildman–Crippen LogP) is 3.47. The van der Waals surface area contributed by atoms with Crippen LogP contribution in [0.3, 0.4) is 0 Å². The van der Waals surface area contributed by atoms with Gasteiger partial charge in [-0.15, -0.1) is 0 Å². The third-order valence-electron chi connectivity index (χ3n) is 3.16. The third-order valence-corrected chi connectivity index (χ3v) is 3.16. The number of hydrogen-bond acceptors (Lipinski definition) is 1. The molecular weight excluding hydrogens is 248 g/mol. The van der Waals surface area contributed by atoms with Crippen molar-refractivity contribution in [3.05, 3.63) is 66.2 Å². The van der Waals surface area contributed by atoms with Gasteiger partial charge in [-0.2, -0.15) is 0 Å². The fourth-order valence-corrected chi connectivity index (χ4v) is 2.11. The Morgan fingerprint density at radius 2 is 1.60 bits per heavy atom. The Morgan fingerprint density at radius 1 is 1.00 bits per heavy atom. The topological polar surface area (TPSA) is 32.3 Å². The number of para-hydroxylation sites is 1. The lowest BCUT2D eigenvalue weighted by Crippen LogP contribution is -2.40. The maximum atomic E-state index is 12.2. The van der Waals surface area contributed by atoms with Crippen LogP contribution in [0.4, 0.5) is 10.5 Å². The Morgan fingerprint density at radius 3 is 2.20 bits per heavy atom. The normalized spacial score (nSPS) is 10.1. The summed E-state index contributed by atoms with van der Waals surface area (Å²) in [5, 5.41) is 2.97. The molecule has 2 amide bonds. The molecular formula is C17H20N2O. The molecule has 3 nitrogen and oxygen atoms in total. The summed E-state index contributed by atoms with van der Waals surface area (Å²) in [6.45, 7) is 3.27. The molecule has 0 fully saturated rings. The SMILES string of the molecule is CCN(C(=O)NCCc1ccccc1)c1ccccc1. The van der Waals surface area contributed by atoms with Crippen LogP contribution in [0.1, 0.15) is 12.5 Å². The molecule has 0 aliphatic rings. The molecule has 0 saturated heterocycles. The van der Waals surface area contributed by atoms with E-state index in [-0.39, 0.29) is 6.03 Å². The number of rotatable bonds is 5. The summed E-state index contributed by atoms with van der Waals surface area (Å²) in [6, 6.07) is 19.8. The van der Waals surface area contributed by atoms with E-state index >= 15 is 0 Å². The van der Waals surface area contributed by atoms with Crippen molar-refractivity contribution in [2.24, 2.45) is 0 Å². The van der Waals surface area contributed by atoms with E-state index in [4.69, 9.17) is 0 Å². The molecule has 0 bridgehead atoms. The largest absolute Gasteiger partial charge is 0.337 e. The molecule has 0 aliphatic carbocycles. The van der Waals surface area contributed by atoms with Gasteiger partial charge in [-0.3, -0.25) is 4.90 Å². The Balaban J connectivity index is 1.87. The highest BCUT2D eigenvalue weighted by molar-refractivity contribution is 5.91. The monoisotopic (exact) mass is 268 g/mol. The van der Waals surface area contributed by atoms with E-state index in [1.807, 2.05) is 55.5 Å². The highest BCUT2D eigenvalue weighted by atomic mass is 16.2. The zero-order chi connectivity index (χ0) is 14.2. The van der Waals surface area contributed by atoms with E-state index < -0.39 is 0 Å². The van der Waals surface area contributed by atoms with Gasteiger partial charge >= 0.3 is 6.03 Å². The van der Waals surface area contributed by atoms with Crippen molar-refractivity contribution in [2.45, 2.75) is 13.3 Å². The van der Waals surface area contributed by atoms with Crippen molar-refractivity contribution in [3.63, 3.8) is 0 Å². The molecule has 104 valence electrons. The van der Waals surface area contributed by atoms with Crippen LogP contribution in [-0.2, 0) is 6.42 Å². The molecule has 2 rings (SSSR count). The quantitative estimate of drug-likeness (QED) is 0.885. The number of nitrogens with zero attached hydrogens (tertiary/aromatic N) is 1. The van der Waals surface area contributed by atoms with Gasteiger partial charge in [0.05, 0.1) is 0 Å². The highest BCUT2D eigenvalue weighted by Crippen LogP contribution is 2.12. The number of benzene rings is 2. The molecule has 0 aromatic heterocycles. The molecule has 3 heteroatoms. The first-order chi connectivity index (χ1) is 9.81. The Kier molecular flexibility index (Phi) is 5.18. The summed E-state index contributed by atoms with van der Waals surface area (Å²) in [5.41, 5.74) is 2.16. The number of hydrogen-bond donors (Lipinski definition) is 1. The molecule has 0 atom stereocenters. The van der Waals surface area contributed by atoms with Crippen LogP contribution in [0.15, 0.2) is 60.7 Å². The molecule has 0 radical (unpaired) electrons. The van der Waals surface area contributed by atoms with Gasteiger partial charge in [-0.1, -0.05) is 48.5 Å². The van der Waals surface area contributed by atoms with Crippen LogP contribution >= 0.6 is 0 Å². The zero-order valence-electron chi connectivity index (χ0n) is 11.8. The first-order valence-electron chi connectivity index (χ1n) is 6.95. The fraction of sp³-hybridized carbons (Fsp3) is 0.235. The van der Waals surface area contributed by atoms with Crippen LogP contribution in [0.25, 0.3) is 0 Å². The van der Waals surface area contributed by atoms with E-state index in [9.17, 15) is 4.79 Å². The lowest BCUT2D eigenvalue weighted by atomic mass is 10.1. The predicted molar refractivity (Wildman–Crippen MR) is 83.0 cm³/mol. The van der Waals surface area contributed by atoms with Gasteiger partial charge in [-0.05, 0) is 31.0 Å². The smallest absolute Gasteiger partial charge is 0.321 e. The van der Waals surface area contributed by atoms with Crippen molar-refractivity contribution in [1.29, 1.82) is 0 Å². The number of nitrogens with one attached hydrogen (secondary N) is 1. The third kappa shape index (κ3) is 3.85. The fourth-order valence-electron chi connectivity index (χ4n) is 2.11. The number of anilines is 1. The van der Waals surface area contributed by atoms with Crippen molar-refractivity contribution in [1.82, 2.24) is 5.32 Å². The summed E-state index contributed by atoms with van der Waals surface area (Å²) >= 11 is 0. The minimum absolute atomic E-state index is 0.0466. The number of carbonyl (C=O) groups is 1. The van der Waals surface area contributed by atoms with E-state index in [1.165, 1.54) is 5.56 Å². The molecule has 20 heavy (non-hydrogen) atoms. The lowest BCUT2D eigenvalue weighted by molar-refractivity contribution is 0.246. The van der Waals surface area contributed by atoms with Gasteiger partial charge in [0.2, 0.25) is 0 Å². The van der Waals surface area contributed by atoms with Crippen LogP contribution in [-0.4, -0.2) is 19.1 Å². The van der Waals surface area contributed by atoms with E-state index in [0.717, 1.165) is 12.1 Å². The number of urea groups is 1. The molecule has 0 saturated carbocycles. The molecule has 0 unspecified atom stereocenters. The standard InChI is InChI=1S/C17H20N2O/c1-2-19(16-11-7-4-8-12-16)17(20)18-14-13-15-9-5-3-6-10-15/h3-12H,2,13-14H2,1H3,(H,18,20). The average molecular weight is 268 g/mol. The van der Waals surface area contributed by atoms with Crippen molar-refractivity contribution >= 4 is 11.7 Å². The highest BCUT2D eigenvalue weighted by Gasteiger charge is 2.12. The average Bonchev–Trinajstić information content (AvgIpc) is 2.50. The van der Waals surface area contributed by atoms with Crippen molar-refractivity contribution < 1.29 is 4.79 Å². The van der Waals surface area contributed by atoms with Gasteiger partial charge in [-0.25, -0.2) is 4.79 Å². The summed E-state index contributed by atoms with van der Waals surface area (Å²) in [6.07, 6.45) is 0.846. The Bertz CT molecular complexity index is 525. The maximum Gasteiger partial charge on any atom is 0.321 e. The van der Waals surface area contributed by atoms with Crippen molar-refractivity contribution in [2.75, 3.05) is 18.0 Å². The summed E-state index contributed by atoms with van der Waals surface area (Å²) in [5.74, 6) is 0. The van der Waals surface area contributed by atoms with Gasteiger partial charge in [0.25, 0.3) is 0 Å². The Labute approximate surface area is 120 Å². The van der Waals surface area contributed by atoms with Crippen LogP contribution in [0, 0.1) is 0 Å². The second kappa shape index (κ2) is 7.34. The molecule has 0 aliphatic heterocycles. The molecule has 2 aromatic rings. The second-order valence-electron chi connectivity index (χ2n) is 4.55. The first-order valence-corrected chi connectivity index (χ1v) is 6.95. The van der Waals surface area contributed by atoms with E-state index in [0.29, 0.717) is 13.1 Å². The van der Waals surface area contributed by atoms with Gasteiger partial charge in [0, 0.05) is 18.8 Å². The molecule has 1 N–H and O–H groups in total. The lowest BCUT2D eigenvalue weighted by Gasteiger charge is -2.21. The number of carbonyl (C=O) groups excluding carboxylic acids is 1. The van der Waals surface area contributed by atoms with Crippen LogP contribution < -0.4 is 10.2 Å². The summed E-state index contributed by atoms with van der Waals surface area (Å²) < 4.78 is 0. The van der Waals surface area contributed by atoms with Crippen LogP contribution in [0.5, 0.6) is 0 Å². The molecule has 0 spiro atoms. The zero-order valence-corrected chi connectivity index (χ0v) is 11.8. The van der Waals surface area contributed by atoms with E-state index in [2.05, 4.69) is 17.4 Å².